The van der Waals surface area contributed by atoms with Gasteiger partial charge in [0.05, 0.1) is 6.54 Å². The first-order valence-electron chi connectivity index (χ1n) is 5.69. The Kier molecular flexibility index (Phi) is 4.36. The highest BCUT2D eigenvalue weighted by molar-refractivity contribution is 7.11. The molecule has 0 saturated heterocycles. The number of aromatic amines is 1. The fourth-order valence-electron chi connectivity index (χ4n) is 1.66. The van der Waals surface area contributed by atoms with Crippen molar-refractivity contribution in [2.24, 2.45) is 4.99 Å². The van der Waals surface area contributed by atoms with Crippen molar-refractivity contribution in [2.75, 3.05) is 0 Å². The lowest BCUT2D eigenvalue weighted by atomic mass is 10.2. The molecule has 0 spiro atoms. The topological polar surface area (TPSA) is 82.5 Å². The van der Waals surface area contributed by atoms with Crippen molar-refractivity contribution in [3.8, 4) is 5.06 Å². The summed E-state index contributed by atoms with van der Waals surface area (Å²) < 4.78 is 0. The Hall–Kier alpha value is -1.92. The molecule has 0 unspecified atom stereocenters. The number of hydrogen-bond donors (Lipinski definition) is 2. The van der Waals surface area contributed by atoms with Crippen molar-refractivity contribution < 1.29 is 5.11 Å². The molecule has 2 rings (SSSR count). The van der Waals surface area contributed by atoms with Crippen LogP contribution in [0.2, 0.25) is 5.02 Å². The maximum atomic E-state index is 11.7. The molecule has 1 aromatic heterocycles. The summed E-state index contributed by atoms with van der Waals surface area (Å²) in [5, 5.41) is 9.96. The van der Waals surface area contributed by atoms with Crippen molar-refractivity contribution in [1.82, 2.24) is 4.98 Å². The summed E-state index contributed by atoms with van der Waals surface area (Å²) in [6.07, 6.45) is 0. The lowest BCUT2D eigenvalue weighted by Crippen LogP contribution is -2.22. The number of rotatable bonds is 3. The standard InChI is InChI=1S/C13H11ClN2O3S/c1-7(10-11(17)16-13(19)20-12(10)18)15-6-8-3-2-4-9(14)5-8/h2-5,18H,6H2,1H3,(H,16,17,19). The van der Waals surface area contributed by atoms with Crippen molar-refractivity contribution in [1.29, 1.82) is 0 Å². The van der Waals surface area contributed by atoms with E-state index in [2.05, 4.69) is 9.98 Å². The minimum atomic E-state index is -0.640. The van der Waals surface area contributed by atoms with Gasteiger partial charge in [-0.25, -0.2) is 0 Å². The molecule has 0 fully saturated rings. The van der Waals surface area contributed by atoms with E-state index in [1.165, 1.54) is 0 Å². The predicted octanol–water partition coefficient (Wildman–Crippen LogP) is 2.16. The Labute approximate surface area is 123 Å². The summed E-state index contributed by atoms with van der Waals surface area (Å²) in [5.74, 6) is 0. The number of aliphatic imine (C=N–C) groups is 1. The lowest BCUT2D eigenvalue weighted by Gasteiger charge is -2.02. The van der Waals surface area contributed by atoms with E-state index in [1.54, 1.807) is 25.1 Å². The van der Waals surface area contributed by atoms with Gasteiger partial charge in [-0.15, -0.1) is 0 Å². The van der Waals surface area contributed by atoms with Crippen molar-refractivity contribution in [3.63, 3.8) is 0 Å². The van der Waals surface area contributed by atoms with Gasteiger partial charge in [0, 0.05) is 10.7 Å². The summed E-state index contributed by atoms with van der Waals surface area (Å²) in [7, 11) is 0. The van der Waals surface area contributed by atoms with Crippen LogP contribution in [0.25, 0.3) is 0 Å². The molecule has 0 radical (unpaired) electrons. The molecule has 2 aromatic rings. The minimum absolute atomic E-state index is 0.0247. The van der Waals surface area contributed by atoms with Crippen LogP contribution in [-0.2, 0) is 6.54 Å². The number of benzene rings is 1. The quantitative estimate of drug-likeness (QED) is 0.852. The third-order valence-electron chi connectivity index (χ3n) is 2.60. The highest BCUT2D eigenvalue weighted by Gasteiger charge is 2.11. The van der Waals surface area contributed by atoms with E-state index < -0.39 is 10.4 Å². The van der Waals surface area contributed by atoms with Gasteiger partial charge < -0.3 is 5.11 Å². The second kappa shape index (κ2) is 6.02. The van der Waals surface area contributed by atoms with Gasteiger partial charge in [-0.1, -0.05) is 23.7 Å². The summed E-state index contributed by atoms with van der Waals surface area (Å²) >= 11 is 6.44. The van der Waals surface area contributed by atoms with Gasteiger partial charge in [0.2, 0.25) is 0 Å². The zero-order valence-corrected chi connectivity index (χ0v) is 12.1. The van der Waals surface area contributed by atoms with Gasteiger partial charge in [0.1, 0.15) is 5.56 Å². The third kappa shape index (κ3) is 3.34. The summed E-state index contributed by atoms with van der Waals surface area (Å²) in [4.78, 5) is 28.5. The van der Waals surface area contributed by atoms with Gasteiger partial charge >= 0.3 is 4.87 Å². The number of aromatic nitrogens is 1. The molecule has 0 amide bonds. The second-order valence-electron chi connectivity index (χ2n) is 4.06. The van der Waals surface area contributed by atoms with Crippen LogP contribution in [-0.4, -0.2) is 15.8 Å². The Morgan fingerprint density at radius 3 is 2.85 bits per heavy atom. The van der Waals surface area contributed by atoms with E-state index in [4.69, 9.17) is 11.6 Å². The number of halogens is 1. The summed E-state index contributed by atoms with van der Waals surface area (Å²) in [5.41, 5.74) is 0.632. The fourth-order valence-corrected chi connectivity index (χ4v) is 2.53. The SMILES string of the molecule is CC(=NCc1cccc(Cl)c1)c1c(O)sc(=O)[nH]c1=O. The van der Waals surface area contributed by atoms with Crippen LogP contribution in [0.15, 0.2) is 38.8 Å². The van der Waals surface area contributed by atoms with E-state index in [0.717, 1.165) is 5.56 Å². The first kappa shape index (κ1) is 14.5. The monoisotopic (exact) mass is 310 g/mol. The molecule has 0 saturated carbocycles. The lowest BCUT2D eigenvalue weighted by molar-refractivity contribution is 0.487. The molecule has 1 heterocycles. The molecular weight excluding hydrogens is 300 g/mol. The van der Waals surface area contributed by atoms with Gasteiger partial charge in [-0.3, -0.25) is 19.6 Å². The number of nitrogens with one attached hydrogen (secondary N) is 1. The number of hydrogen-bond acceptors (Lipinski definition) is 5. The van der Waals surface area contributed by atoms with Crippen molar-refractivity contribution in [2.45, 2.75) is 13.5 Å². The van der Waals surface area contributed by atoms with Crippen LogP contribution in [0.4, 0.5) is 0 Å². The summed E-state index contributed by atoms with van der Waals surface area (Å²) in [6.45, 7) is 1.93. The van der Waals surface area contributed by atoms with Crippen LogP contribution in [0.5, 0.6) is 5.06 Å². The van der Waals surface area contributed by atoms with Gasteiger partial charge in [0.15, 0.2) is 5.06 Å². The molecule has 5 nitrogen and oxygen atoms in total. The molecular formula is C13H11ClN2O3S. The first-order chi connectivity index (χ1) is 9.47. The molecule has 104 valence electrons. The average molecular weight is 311 g/mol. The number of nitrogens with zero attached hydrogens (tertiary/aromatic N) is 1. The van der Waals surface area contributed by atoms with Crippen LogP contribution in [0.3, 0.4) is 0 Å². The van der Waals surface area contributed by atoms with Crippen molar-refractivity contribution >= 4 is 28.6 Å². The minimum Gasteiger partial charge on any atom is -0.499 e. The van der Waals surface area contributed by atoms with E-state index in [-0.39, 0.29) is 10.6 Å². The zero-order chi connectivity index (χ0) is 14.7. The summed E-state index contributed by atoms with van der Waals surface area (Å²) in [6, 6.07) is 7.19. The smallest absolute Gasteiger partial charge is 0.310 e. The Balaban J connectivity index is 2.32. The zero-order valence-electron chi connectivity index (χ0n) is 10.5. The van der Waals surface area contributed by atoms with E-state index in [9.17, 15) is 14.7 Å². The molecule has 0 atom stereocenters. The molecule has 0 bridgehead atoms. The van der Waals surface area contributed by atoms with Crippen LogP contribution in [0.1, 0.15) is 18.1 Å². The molecule has 0 aliphatic carbocycles. The van der Waals surface area contributed by atoms with Crippen LogP contribution >= 0.6 is 22.9 Å². The largest absolute Gasteiger partial charge is 0.499 e. The highest BCUT2D eigenvalue weighted by Crippen LogP contribution is 2.16. The fraction of sp³-hybridized carbons (Fsp3) is 0.154. The third-order valence-corrected chi connectivity index (χ3v) is 3.52. The van der Waals surface area contributed by atoms with Gasteiger partial charge in [-0.05, 0) is 36.0 Å². The maximum Gasteiger partial charge on any atom is 0.310 e. The molecule has 2 N–H and O–H groups in total. The number of aromatic hydroxyl groups is 1. The molecule has 1 aromatic carbocycles. The normalized spacial score (nSPS) is 11.6. The first-order valence-corrected chi connectivity index (χ1v) is 6.89. The molecule has 7 heteroatoms. The Bertz CT molecular complexity index is 780. The maximum absolute atomic E-state index is 11.7. The number of H-pyrrole nitrogens is 1. The van der Waals surface area contributed by atoms with Crippen LogP contribution < -0.4 is 10.4 Å². The van der Waals surface area contributed by atoms with Gasteiger partial charge in [0.25, 0.3) is 5.56 Å². The second-order valence-corrected chi connectivity index (χ2v) is 5.45. The molecule has 20 heavy (non-hydrogen) atoms. The van der Waals surface area contributed by atoms with Crippen molar-refractivity contribution in [3.05, 3.63) is 60.4 Å². The Morgan fingerprint density at radius 2 is 2.20 bits per heavy atom. The highest BCUT2D eigenvalue weighted by atomic mass is 35.5. The van der Waals surface area contributed by atoms with Gasteiger partial charge in [-0.2, -0.15) is 0 Å². The average Bonchev–Trinajstić information content (AvgIpc) is 2.35. The molecule has 0 aliphatic heterocycles. The van der Waals surface area contributed by atoms with E-state index >= 15 is 0 Å². The van der Waals surface area contributed by atoms with E-state index in [0.29, 0.717) is 28.6 Å². The Morgan fingerprint density at radius 1 is 1.45 bits per heavy atom. The van der Waals surface area contributed by atoms with Crippen LogP contribution in [0, 0.1) is 0 Å². The van der Waals surface area contributed by atoms with E-state index in [1.807, 2.05) is 6.07 Å². The molecule has 0 aliphatic rings. The predicted molar refractivity (Wildman–Crippen MR) is 80.2 cm³/mol.